The Morgan fingerprint density at radius 2 is 2.22 bits per heavy atom. The Kier molecular flexibility index (Phi) is 4.12. The van der Waals surface area contributed by atoms with Crippen LogP contribution >= 0.6 is 38.6 Å². The van der Waals surface area contributed by atoms with Crippen molar-refractivity contribution in [2.45, 2.75) is 0 Å². The molecule has 96 valence electrons. The molecule has 10 heteroatoms. The van der Waals surface area contributed by atoms with Gasteiger partial charge in [-0.1, -0.05) is 0 Å². The van der Waals surface area contributed by atoms with Crippen LogP contribution in [0.2, 0.25) is 0 Å². The Balaban J connectivity index is 2.52. The molecule has 0 spiro atoms. The Morgan fingerprint density at radius 3 is 2.72 bits per heavy atom. The number of thiazole rings is 1. The predicted molar refractivity (Wildman–Crippen MR) is 74.0 cm³/mol. The summed E-state index contributed by atoms with van der Waals surface area (Å²) in [4.78, 5) is 14.7. The minimum atomic E-state index is -2.37. The monoisotopic (exact) mass is 368 g/mol. The van der Waals surface area contributed by atoms with Gasteiger partial charge >= 0.3 is 5.97 Å². The third kappa shape index (κ3) is 2.62. The highest BCUT2D eigenvalue weighted by molar-refractivity contribution is 9.11. The highest BCUT2D eigenvalue weighted by Gasteiger charge is 2.25. The van der Waals surface area contributed by atoms with Crippen molar-refractivity contribution in [3.05, 3.63) is 27.1 Å². The molecule has 0 aromatic carbocycles. The first-order valence-corrected chi connectivity index (χ1v) is 7.89. The van der Waals surface area contributed by atoms with Crippen LogP contribution in [0.1, 0.15) is 10.5 Å². The van der Waals surface area contributed by atoms with Crippen LogP contribution in [0.25, 0.3) is 0 Å². The number of carboxylic acids is 1. The molecule has 0 fully saturated rings. The second-order valence-corrected chi connectivity index (χ2v) is 7.02. The average molecular weight is 369 g/mol. The molecule has 6 nitrogen and oxygen atoms in total. The number of carbonyl (C=O) groups is 1. The normalized spacial score (nSPS) is 12.3. The van der Waals surface area contributed by atoms with Gasteiger partial charge in [0.1, 0.15) is 10.0 Å². The summed E-state index contributed by atoms with van der Waals surface area (Å²) in [7, 11) is 0. The number of carboxylic acid groups (broad SMARTS) is 1. The number of hydrogen-bond donors (Lipinski definition) is 2. The topological polar surface area (TPSA) is 90.7 Å². The van der Waals surface area contributed by atoms with E-state index < -0.39 is 17.2 Å². The SMILES string of the molecule is O=C(O)c1ncsc1N(c1ccc(Br)s1)S(=O)O. The second-order valence-electron chi connectivity index (χ2n) is 2.91. The van der Waals surface area contributed by atoms with Crippen molar-refractivity contribution >= 4 is 65.8 Å². The first-order valence-electron chi connectivity index (χ1n) is 4.34. The molecule has 2 N–H and O–H groups in total. The fourth-order valence-corrected chi connectivity index (χ4v) is 4.30. The molecule has 0 aliphatic carbocycles. The van der Waals surface area contributed by atoms with Crippen LogP contribution in [0, 0.1) is 0 Å². The van der Waals surface area contributed by atoms with Crippen LogP contribution in [0.5, 0.6) is 0 Å². The molecule has 0 saturated heterocycles. The van der Waals surface area contributed by atoms with Gasteiger partial charge in [-0.15, -0.1) is 22.7 Å². The van der Waals surface area contributed by atoms with Gasteiger partial charge in [-0.05, 0) is 28.1 Å². The molecule has 18 heavy (non-hydrogen) atoms. The van der Waals surface area contributed by atoms with Gasteiger partial charge in [0.25, 0.3) is 11.3 Å². The summed E-state index contributed by atoms with van der Waals surface area (Å²) >= 11 is 3.08. The number of hydrogen-bond acceptors (Lipinski definition) is 5. The van der Waals surface area contributed by atoms with E-state index in [2.05, 4.69) is 20.9 Å². The van der Waals surface area contributed by atoms with Gasteiger partial charge in [0.15, 0.2) is 5.69 Å². The number of aromatic nitrogens is 1. The van der Waals surface area contributed by atoms with Crippen LogP contribution in [0.4, 0.5) is 10.0 Å². The summed E-state index contributed by atoms with van der Waals surface area (Å²) in [6.45, 7) is 0. The van der Waals surface area contributed by atoms with Gasteiger partial charge in [0, 0.05) is 0 Å². The zero-order valence-corrected chi connectivity index (χ0v) is 12.5. The molecule has 2 aromatic heterocycles. The van der Waals surface area contributed by atoms with Gasteiger partial charge in [-0.3, -0.25) is 4.55 Å². The maximum Gasteiger partial charge on any atom is 0.357 e. The fraction of sp³-hybridized carbons (Fsp3) is 0. The lowest BCUT2D eigenvalue weighted by Gasteiger charge is -2.15. The molecule has 0 aliphatic rings. The highest BCUT2D eigenvalue weighted by Crippen LogP contribution is 2.38. The average Bonchev–Trinajstić information content (AvgIpc) is 2.88. The number of aromatic carboxylic acids is 1. The molecule has 2 aromatic rings. The van der Waals surface area contributed by atoms with Crippen molar-refractivity contribution in [2.75, 3.05) is 4.31 Å². The standard InChI is InChI=1S/C8H5BrN2O4S3/c9-4-1-2-5(17-4)11(18(14)15)7-6(8(12)13)10-3-16-7/h1-3H,(H,12,13)(H,14,15). The lowest BCUT2D eigenvalue weighted by atomic mass is 10.4. The van der Waals surface area contributed by atoms with Gasteiger partial charge in [-0.25, -0.2) is 18.3 Å². The molecule has 0 saturated carbocycles. The van der Waals surface area contributed by atoms with Crippen LogP contribution in [-0.4, -0.2) is 24.8 Å². The second kappa shape index (κ2) is 5.45. The smallest absolute Gasteiger partial charge is 0.357 e. The van der Waals surface area contributed by atoms with Crippen LogP contribution in [0.15, 0.2) is 21.4 Å². The first-order chi connectivity index (χ1) is 8.50. The molecular formula is C8H5BrN2O4S3. The van der Waals surface area contributed by atoms with E-state index in [1.165, 1.54) is 16.8 Å². The van der Waals surface area contributed by atoms with Crippen molar-refractivity contribution in [3.8, 4) is 0 Å². The Bertz CT molecular complexity index is 611. The Hall–Kier alpha value is -0.810. The molecule has 1 atom stereocenters. The van der Waals surface area contributed by atoms with Crippen molar-refractivity contribution < 1.29 is 18.7 Å². The molecule has 0 aliphatic heterocycles. The number of anilines is 2. The zero-order chi connectivity index (χ0) is 13.3. The molecule has 2 heterocycles. The number of nitrogens with zero attached hydrogens (tertiary/aromatic N) is 2. The van der Waals surface area contributed by atoms with Crippen molar-refractivity contribution in [1.29, 1.82) is 0 Å². The minimum absolute atomic E-state index is 0.123. The largest absolute Gasteiger partial charge is 0.476 e. The van der Waals surface area contributed by atoms with Gasteiger partial charge in [0.05, 0.1) is 9.30 Å². The van der Waals surface area contributed by atoms with Crippen LogP contribution < -0.4 is 4.31 Å². The molecular weight excluding hydrogens is 364 g/mol. The van der Waals surface area contributed by atoms with E-state index in [0.29, 0.717) is 5.00 Å². The van der Waals surface area contributed by atoms with E-state index in [-0.39, 0.29) is 10.7 Å². The predicted octanol–water partition coefficient (Wildman–Crippen LogP) is 2.94. The summed E-state index contributed by atoms with van der Waals surface area (Å²) in [6.07, 6.45) is 0. The molecule has 1 unspecified atom stereocenters. The summed E-state index contributed by atoms with van der Waals surface area (Å²) in [5, 5.41) is 9.54. The van der Waals surface area contributed by atoms with Crippen LogP contribution in [0.3, 0.4) is 0 Å². The molecule has 0 bridgehead atoms. The van der Waals surface area contributed by atoms with E-state index in [1.54, 1.807) is 12.1 Å². The van der Waals surface area contributed by atoms with Gasteiger partial charge < -0.3 is 5.11 Å². The quantitative estimate of drug-likeness (QED) is 0.809. The summed E-state index contributed by atoms with van der Waals surface area (Å²) in [5.74, 6) is -1.24. The third-order valence-electron chi connectivity index (χ3n) is 1.85. The molecule has 2 rings (SSSR count). The first kappa shape index (κ1) is 13.6. The number of halogens is 1. The van der Waals surface area contributed by atoms with Gasteiger partial charge in [0.2, 0.25) is 0 Å². The van der Waals surface area contributed by atoms with E-state index >= 15 is 0 Å². The van der Waals surface area contributed by atoms with Crippen molar-refractivity contribution in [3.63, 3.8) is 0 Å². The maximum atomic E-state index is 11.4. The van der Waals surface area contributed by atoms with E-state index in [1.807, 2.05) is 0 Å². The Morgan fingerprint density at radius 1 is 1.50 bits per heavy atom. The van der Waals surface area contributed by atoms with Crippen LogP contribution in [-0.2, 0) is 11.3 Å². The van der Waals surface area contributed by atoms with E-state index in [9.17, 15) is 13.6 Å². The fourth-order valence-electron chi connectivity index (χ4n) is 1.19. The lowest BCUT2D eigenvalue weighted by Crippen LogP contribution is -2.19. The third-order valence-corrected chi connectivity index (χ3v) is 5.19. The Labute approximate surface area is 120 Å². The summed E-state index contributed by atoms with van der Waals surface area (Å²) < 4.78 is 22.5. The minimum Gasteiger partial charge on any atom is -0.476 e. The maximum absolute atomic E-state index is 11.4. The van der Waals surface area contributed by atoms with Gasteiger partial charge in [-0.2, -0.15) is 0 Å². The highest BCUT2D eigenvalue weighted by atomic mass is 79.9. The van der Waals surface area contributed by atoms with Crippen molar-refractivity contribution in [2.24, 2.45) is 0 Å². The lowest BCUT2D eigenvalue weighted by molar-refractivity contribution is 0.0692. The number of rotatable bonds is 4. The zero-order valence-electron chi connectivity index (χ0n) is 8.44. The van der Waals surface area contributed by atoms with E-state index in [4.69, 9.17) is 5.11 Å². The summed E-state index contributed by atoms with van der Waals surface area (Å²) in [6, 6.07) is 3.33. The molecule has 0 amide bonds. The van der Waals surface area contributed by atoms with E-state index in [0.717, 1.165) is 19.4 Å². The summed E-state index contributed by atoms with van der Waals surface area (Å²) in [5.41, 5.74) is 1.08. The van der Waals surface area contributed by atoms with Crippen molar-refractivity contribution in [1.82, 2.24) is 4.98 Å². The molecule has 0 radical (unpaired) electrons. The number of thiophene rings is 1.